The van der Waals surface area contributed by atoms with Gasteiger partial charge in [0.25, 0.3) is 5.91 Å². The fourth-order valence-electron chi connectivity index (χ4n) is 3.64. The van der Waals surface area contributed by atoms with Crippen LogP contribution in [0.4, 0.5) is 5.82 Å². The van der Waals surface area contributed by atoms with Gasteiger partial charge in [-0.1, -0.05) is 34.8 Å². The molecule has 1 aliphatic carbocycles. The molecule has 0 radical (unpaired) electrons. The second-order valence-corrected chi connectivity index (χ2v) is 7.95. The quantitative estimate of drug-likeness (QED) is 0.470. The number of aromatic nitrogens is 2. The molecule has 11 heteroatoms. The Hall–Kier alpha value is -1.36. The summed E-state index contributed by atoms with van der Waals surface area (Å²) >= 11 is 18.0. The van der Waals surface area contributed by atoms with Gasteiger partial charge in [-0.2, -0.15) is 0 Å². The number of fused-ring (bicyclic) bond motifs is 1. The van der Waals surface area contributed by atoms with Gasteiger partial charge in [-0.3, -0.25) is 4.79 Å². The summed E-state index contributed by atoms with van der Waals surface area (Å²) in [4.78, 5) is 32.5. The minimum Gasteiger partial charge on any atom is -0.545 e. The zero-order chi connectivity index (χ0) is 19.5. The first-order chi connectivity index (χ1) is 12.8. The number of nitrogens with one attached hydrogen (secondary N) is 2. The van der Waals surface area contributed by atoms with Crippen molar-refractivity contribution in [3.8, 4) is 0 Å². The Morgan fingerprint density at radius 1 is 1.21 bits per heavy atom. The van der Waals surface area contributed by atoms with Gasteiger partial charge in [-0.15, -0.1) is 0 Å². The van der Waals surface area contributed by atoms with E-state index < -0.39 is 5.97 Å². The first-order valence-corrected chi connectivity index (χ1v) is 9.38. The van der Waals surface area contributed by atoms with Crippen LogP contribution in [-0.2, 0) is 0 Å². The van der Waals surface area contributed by atoms with E-state index in [4.69, 9.17) is 34.8 Å². The van der Waals surface area contributed by atoms with Crippen molar-refractivity contribution >= 4 is 52.5 Å². The predicted molar refractivity (Wildman–Crippen MR) is 99.6 cm³/mol. The molecule has 1 saturated heterocycles. The van der Waals surface area contributed by atoms with Gasteiger partial charge in [0.05, 0.1) is 16.0 Å². The largest absolute Gasteiger partial charge is 1.00 e. The summed E-state index contributed by atoms with van der Waals surface area (Å²) in [5.41, 5.74) is 0.893. The van der Waals surface area contributed by atoms with Gasteiger partial charge in [-0.25, -0.2) is 4.98 Å². The number of hydrogen-bond acceptors (Lipinski definition) is 5. The average molecular weight is 436 g/mol. The third kappa shape index (κ3) is 3.74. The number of anilines is 1. The number of aryl methyl sites for hydroxylation is 1. The fourth-order valence-corrected chi connectivity index (χ4v) is 4.26. The number of aromatic carboxylic acids is 1. The van der Waals surface area contributed by atoms with Gasteiger partial charge in [0.15, 0.2) is 0 Å². The number of amides is 1. The van der Waals surface area contributed by atoms with Crippen LogP contribution in [0.25, 0.3) is 0 Å². The molecule has 28 heavy (non-hydrogen) atoms. The van der Waals surface area contributed by atoms with Crippen LogP contribution in [0.1, 0.15) is 26.5 Å². The van der Waals surface area contributed by atoms with Crippen molar-refractivity contribution in [2.24, 2.45) is 11.8 Å². The number of carboxylic acids is 1. The summed E-state index contributed by atoms with van der Waals surface area (Å²) in [5.74, 6) is -0.584. The Bertz CT molecular complexity index is 955. The minimum absolute atomic E-state index is 0. The van der Waals surface area contributed by atoms with Crippen molar-refractivity contribution in [3.05, 3.63) is 44.3 Å². The Morgan fingerprint density at radius 2 is 1.86 bits per heavy atom. The third-order valence-electron chi connectivity index (χ3n) is 5.11. The van der Waals surface area contributed by atoms with Crippen LogP contribution in [0.2, 0.25) is 15.2 Å². The minimum atomic E-state index is -1.30. The number of nitrogens with zero attached hydrogens (tertiary/aromatic N) is 2. The van der Waals surface area contributed by atoms with Crippen molar-refractivity contribution < 1.29 is 33.6 Å². The number of H-pyrrole nitrogens is 1. The molecule has 0 spiro atoms. The van der Waals surface area contributed by atoms with Crippen LogP contribution in [0.3, 0.4) is 0 Å². The molecule has 3 atom stereocenters. The number of carboxylic acid groups (broad SMARTS) is 1. The second-order valence-electron chi connectivity index (χ2n) is 6.81. The standard InChI is InChI=1S/C17H15Cl3N4O3.Li/c1-6-12(19)13(20)15(21-6)16(25)23-14-8-4-24(5-9(8)14)11-3-7(17(26)27)2-10(18)22-11;/h2-3,8-9,14,21H,4-5H2,1H3,(H,23,25)(H,26,27);/q;+1/p-1/t8-,9+,14-;. The molecule has 2 aliphatic rings. The summed E-state index contributed by atoms with van der Waals surface area (Å²) in [5, 5.41) is 14.7. The number of halogens is 3. The van der Waals surface area contributed by atoms with E-state index >= 15 is 0 Å². The van der Waals surface area contributed by atoms with E-state index in [0.717, 1.165) is 0 Å². The van der Waals surface area contributed by atoms with Crippen LogP contribution < -0.4 is 34.2 Å². The van der Waals surface area contributed by atoms with E-state index in [1.165, 1.54) is 12.1 Å². The molecule has 2 N–H and O–H groups in total. The van der Waals surface area contributed by atoms with E-state index in [1.54, 1.807) is 6.92 Å². The van der Waals surface area contributed by atoms with E-state index in [1.807, 2.05) is 4.90 Å². The van der Waals surface area contributed by atoms with Gasteiger partial charge >= 0.3 is 18.9 Å². The maximum absolute atomic E-state index is 12.4. The summed E-state index contributed by atoms with van der Waals surface area (Å²) in [7, 11) is 0. The van der Waals surface area contributed by atoms with Crippen LogP contribution in [0.15, 0.2) is 12.1 Å². The van der Waals surface area contributed by atoms with E-state index in [9.17, 15) is 14.7 Å². The fraction of sp³-hybridized carbons (Fsp3) is 0.353. The zero-order valence-corrected chi connectivity index (χ0v) is 17.3. The van der Waals surface area contributed by atoms with Crippen LogP contribution in [0.5, 0.6) is 0 Å². The number of aromatic amines is 1. The number of pyridine rings is 1. The Labute approximate surface area is 187 Å². The van der Waals surface area contributed by atoms with Crippen molar-refractivity contribution in [1.82, 2.24) is 15.3 Å². The molecule has 1 amide bonds. The predicted octanol–water partition coefficient (Wildman–Crippen LogP) is -1.09. The van der Waals surface area contributed by atoms with Gasteiger partial charge < -0.3 is 25.1 Å². The molecule has 0 bridgehead atoms. The smallest absolute Gasteiger partial charge is 0.545 e. The SMILES string of the molecule is Cc1[nH]c(C(=O)N[C@@H]2[C@@H]3CN(c4cc(C(=O)[O-])cc(Cl)n4)C[C@@H]32)c(Cl)c1Cl.[Li+]. The summed E-state index contributed by atoms with van der Waals surface area (Å²) in [6, 6.07) is 2.74. The van der Waals surface area contributed by atoms with Crippen molar-refractivity contribution in [2.45, 2.75) is 13.0 Å². The second kappa shape index (κ2) is 7.81. The van der Waals surface area contributed by atoms with Crippen molar-refractivity contribution in [2.75, 3.05) is 18.0 Å². The topological polar surface area (TPSA) is 101 Å². The molecule has 0 aromatic carbocycles. The van der Waals surface area contributed by atoms with Crippen LogP contribution in [-0.4, -0.2) is 41.0 Å². The van der Waals surface area contributed by atoms with Gasteiger partial charge in [0.1, 0.15) is 16.7 Å². The molecule has 7 nitrogen and oxygen atoms in total. The zero-order valence-electron chi connectivity index (χ0n) is 15.1. The first-order valence-electron chi connectivity index (χ1n) is 8.24. The normalized spacial score (nSPS) is 22.4. The molecule has 2 aromatic rings. The first kappa shape index (κ1) is 21.3. The van der Waals surface area contributed by atoms with Gasteiger partial charge in [0, 0.05) is 42.2 Å². The summed E-state index contributed by atoms with van der Waals surface area (Å²) in [6.07, 6.45) is 0. The van der Waals surface area contributed by atoms with E-state index in [2.05, 4.69) is 15.3 Å². The maximum atomic E-state index is 12.4. The number of piperidine rings is 1. The number of carbonyl (C=O) groups is 2. The van der Waals surface area contributed by atoms with E-state index in [0.29, 0.717) is 29.6 Å². The monoisotopic (exact) mass is 434 g/mol. The molecule has 3 heterocycles. The van der Waals surface area contributed by atoms with Crippen LogP contribution >= 0.6 is 34.8 Å². The van der Waals surface area contributed by atoms with Gasteiger partial charge in [-0.05, 0) is 19.1 Å². The molecular formula is C17H14Cl3LiN4O3. The molecule has 1 aliphatic heterocycles. The summed E-state index contributed by atoms with van der Waals surface area (Å²) in [6.45, 7) is 3.04. The molecule has 2 aromatic heterocycles. The molecule has 142 valence electrons. The summed E-state index contributed by atoms with van der Waals surface area (Å²) < 4.78 is 0. The molecule has 0 unspecified atom stereocenters. The Balaban J connectivity index is 0.00000225. The van der Waals surface area contributed by atoms with Crippen molar-refractivity contribution in [1.29, 1.82) is 0 Å². The van der Waals surface area contributed by atoms with Crippen molar-refractivity contribution in [3.63, 3.8) is 0 Å². The maximum Gasteiger partial charge on any atom is 1.00 e. The van der Waals surface area contributed by atoms with Gasteiger partial charge in [0.2, 0.25) is 0 Å². The molecule has 1 saturated carbocycles. The van der Waals surface area contributed by atoms with E-state index in [-0.39, 0.29) is 64.1 Å². The number of rotatable bonds is 4. The third-order valence-corrected chi connectivity index (χ3v) is 6.25. The molecule has 2 fully saturated rings. The Kier molecular flexibility index (Phi) is 5.95. The number of carbonyl (C=O) groups excluding carboxylic acids is 2. The Morgan fingerprint density at radius 3 is 2.39 bits per heavy atom. The molecule has 4 rings (SSSR count). The molecular weight excluding hydrogens is 422 g/mol. The number of hydrogen-bond donors (Lipinski definition) is 2. The average Bonchev–Trinajstić information content (AvgIpc) is 2.95. The van der Waals surface area contributed by atoms with Crippen LogP contribution in [0, 0.1) is 18.8 Å².